The third kappa shape index (κ3) is 4.23. The molecular weight excluding hydrogens is 362 g/mol. The van der Waals surface area contributed by atoms with E-state index in [2.05, 4.69) is 25.6 Å². The Labute approximate surface area is 129 Å². The number of pyridine rings is 1. The van der Waals surface area contributed by atoms with Crippen molar-refractivity contribution >= 4 is 37.5 Å². The van der Waals surface area contributed by atoms with Crippen LogP contribution < -0.4 is 4.72 Å². The maximum Gasteiger partial charge on any atom is 0.273 e. The van der Waals surface area contributed by atoms with Crippen molar-refractivity contribution < 1.29 is 13.3 Å². The highest BCUT2D eigenvalue weighted by Gasteiger charge is 2.20. The molecule has 0 amide bonds. The molecule has 0 aliphatic heterocycles. The predicted molar refractivity (Wildman–Crippen MR) is 81.3 cm³/mol. The third-order valence-electron chi connectivity index (χ3n) is 2.52. The Morgan fingerprint density at radius 1 is 1.29 bits per heavy atom. The van der Waals surface area contributed by atoms with E-state index in [0.29, 0.717) is 4.47 Å². The van der Waals surface area contributed by atoms with E-state index in [0.717, 1.165) is 0 Å². The lowest BCUT2D eigenvalue weighted by atomic mass is 10.2. The number of nitro benzene ring substituents is 1. The maximum atomic E-state index is 12.1. The average molecular weight is 372 g/mol. The highest BCUT2D eigenvalue weighted by Crippen LogP contribution is 2.21. The molecule has 2 aromatic rings. The summed E-state index contributed by atoms with van der Waals surface area (Å²) in [5.41, 5.74) is -0.116. The zero-order chi connectivity index (χ0) is 15.5. The van der Waals surface area contributed by atoms with Crippen LogP contribution in [0, 0.1) is 10.1 Å². The van der Waals surface area contributed by atoms with Crippen LogP contribution in [0.4, 0.5) is 11.5 Å². The molecule has 0 bridgehead atoms. The number of anilines is 1. The van der Waals surface area contributed by atoms with Crippen molar-refractivity contribution in [1.82, 2.24) is 4.98 Å². The quantitative estimate of drug-likeness (QED) is 0.642. The molecule has 0 saturated carbocycles. The summed E-state index contributed by atoms with van der Waals surface area (Å²) in [7, 11) is -3.80. The number of aromatic nitrogens is 1. The van der Waals surface area contributed by atoms with Crippen molar-refractivity contribution in [1.29, 1.82) is 0 Å². The van der Waals surface area contributed by atoms with Gasteiger partial charge in [0.05, 0.1) is 4.92 Å². The van der Waals surface area contributed by atoms with E-state index in [1.807, 2.05) is 0 Å². The summed E-state index contributed by atoms with van der Waals surface area (Å²) in [6, 6.07) is 8.86. The van der Waals surface area contributed by atoms with Gasteiger partial charge < -0.3 is 0 Å². The molecule has 1 aromatic heterocycles. The molecule has 1 aromatic carbocycles. The predicted octanol–water partition coefficient (Wildman–Crippen LogP) is 2.69. The van der Waals surface area contributed by atoms with Gasteiger partial charge in [-0.05, 0) is 12.1 Å². The molecule has 7 nitrogen and oxygen atoms in total. The normalized spacial score (nSPS) is 11.1. The lowest BCUT2D eigenvalue weighted by Gasteiger charge is -2.07. The fourth-order valence-electron chi connectivity index (χ4n) is 1.67. The number of benzene rings is 1. The van der Waals surface area contributed by atoms with Crippen LogP contribution in [0.1, 0.15) is 5.56 Å². The lowest BCUT2D eigenvalue weighted by Crippen LogP contribution is -2.16. The largest absolute Gasteiger partial charge is 0.273 e. The minimum Gasteiger partial charge on any atom is -0.267 e. The molecule has 0 unspecified atom stereocenters. The monoisotopic (exact) mass is 371 g/mol. The smallest absolute Gasteiger partial charge is 0.267 e. The first-order valence-electron chi connectivity index (χ1n) is 5.72. The molecule has 1 heterocycles. The number of halogens is 1. The number of para-hydroxylation sites is 1. The minimum atomic E-state index is -3.80. The van der Waals surface area contributed by atoms with Gasteiger partial charge in [-0.15, -0.1) is 0 Å². The Hall–Kier alpha value is -2.00. The van der Waals surface area contributed by atoms with Crippen LogP contribution in [-0.4, -0.2) is 18.3 Å². The van der Waals surface area contributed by atoms with Gasteiger partial charge in [0.1, 0.15) is 11.6 Å². The zero-order valence-electron chi connectivity index (χ0n) is 10.6. The summed E-state index contributed by atoms with van der Waals surface area (Å²) >= 11 is 3.20. The standard InChI is InChI=1S/C12H10BrN3O4S/c13-10-5-6-14-12(7-10)15-21(19,20)8-9-3-1-2-4-11(9)16(17)18/h1-7H,8H2,(H,14,15). The van der Waals surface area contributed by atoms with Crippen LogP contribution in [0.25, 0.3) is 0 Å². The van der Waals surface area contributed by atoms with Crippen LogP contribution in [0.15, 0.2) is 47.1 Å². The molecule has 9 heteroatoms. The number of hydrogen-bond donors (Lipinski definition) is 1. The Bertz CT molecular complexity index is 780. The van der Waals surface area contributed by atoms with Crippen molar-refractivity contribution in [3.05, 3.63) is 62.7 Å². The Kier molecular flexibility index (Phi) is 4.53. The number of nitro groups is 1. The van der Waals surface area contributed by atoms with E-state index in [1.165, 1.54) is 30.5 Å². The first-order chi connectivity index (χ1) is 9.87. The molecule has 21 heavy (non-hydrogen) atoms. The fourth-order valence-corrected chi connectivity index (χ4v) is 3.16. The van der Waals surface area contributed by atoms with Gasteiger partial charge in [0.25, 0.3) is 5.69 Å². The molecule has 0 spiro atoms. The molecule has 0 fully saturated rings. The second kappa shape index (κ2) is 6.19. The fraction of sp³-hybridized carbons (Fsp3) is 0.0833. The highest BCUT2D eigenvalue weighted by molar-refractivity contribution is 9.10. The summed E-state index contributed by atoms with van der Waals surface area (Å²) in [5.74, 6) is -0.360. The zero-order valence-corrected chi connectivity index (χ0v) is 13.0. The Morgan fingerprint density at radius 2 is 2.00 bits per heavy atom. The second-order valence-electron chi connectivity index (χ2n) is 4.11. The topological polar surface area (TPSA) is 102 Å². The minimum absolute atomic E-state index is 0.116. The van der Waals surface area contributed by atoms with Gasteiger partial charge in [0.2, 0.25) is 10.0 Å². The maximum absolute atomic E-state index is 12.1. The SMILES string of the molecule is O=[N+]([O-])c1ccccc1CS(=O)(=O)Nc1cc(Br)ccn1. The molecule has 0 radical (unpaired) electrons. The molecule has 1 N–H and O–H groups in total. The number of rotatable bonds is 5. The molecule has 0 saturated heterocycles. The number of sulfonamides is 1. The lowest BCUT2D eigenvalue weighted by molar-refractivity contribution is -0.385. The van der Waals surface area contributed by atoms with Crippen molar-refractivity contribution in [3.63, 3.8) is 0 Å². The molecular formula is C12H10BrN3O4S. The summed E-state index contributed by atoms with van der Waals surface area (Å²) < 4.78 is 27.1. The number of nitrogens with zero attached hydrogens (tertiary/aromatic N) is 2. The van der Waals surface area contributed by atoms with Gasteiger partial charge in [-0.1, -0.05) is 34.1 Å². The molecule has 110 valence electrons. The van der Waals surface area contributed by atoms with Gasteiger partial charge in [-0.3, -0.25) is 14.8 Å². The van der Waals surface area contributed by atoms with Crippen LogP contribution in [0.3, 0.4) is 0 Å². The first kappa shape index (κ1) is 15.4. The van der Waals surface area contributed by atoms with Crippen molar-refractivity contribution in [2.75, 3.05) is 4.72 Å². The summed E-state index contributed by atoms with van der Waals surface area (Å²) in [6.45, 7) is 0. The molecule has 0 atom stereocenters. The summed E-state index contributed by atoms with van der Waals surface area (Å²) in [4.78, 5) is 14.1. The first-order valence-corrected chi connectivity index (χ1v) is 8.16. The third-order valence-corrected chi connectivity index (χ3v) is 4.22. The van der Waals surface area contributed by atoms with Crippen LogP contribution in [0.2, 0.25) is 0 Å². The van der Waals surface area contributed by atoms with Crippen molar-refractivity contribution in [2.24, 2.45) is 0 Å². The van der Waals surface area contributed by atoms with Gasteiger partial charge in [0, 0.05) is 22.3 Å². The van der Waals surface area contributed by atoms with Crippen molar-refractivity contribution in [2.45, 2.75) is 5.75 Å². The van der Waals surface area contributed by atoms with E-state index >= 15 is 0 Å². The van der Waals surface area contributed by atoms with E-state index in [9.17, 15) is 18.5 Å². The van der Waals surface area contributed by atoms with E-state index in [1.54, 1.807) is 12.1 Å². The summed E-state index contributed by atoms with van der Waals surface area (Å²) in [6.07, 6.45) is 1.44. The Balaban J connectivity index is 2.24. The Morgan fingerprint density at radius 3 is 2.67 bits per heavy atom. The summed E-state index contributed by atoms with van der Waals surface area (Å²) in [5, 5.41) is 10.9. The van der Waals surface area contributed by atoms with E-state index < -0.39 is 20.7 Å². The van der Waals surface area contributed by atoms with Crippen LogP contribution in [-0.2, 0) is 15.8 Å². The average Bonchev–Trinajstić information content (AvgIpc) is 2.37. The van der Waals surface area contributed by atoms with Crippen LogP contribution in [0.5, 0.6) is 0 Å². The van der Waals surface area contributed by atoms with Gasteiger partial charge in [-0.2, -0.15) is 0 Å². The van der Waals surface area contributed by atoms with E-state index in [-0.39, 0.29) is 17.1 Å². The van der Waals surface area contributed by atoms with Crippen LogP contribution >= 0.6 is 15.9 Å². The molecule has 2 rings (SSSR count). The van der Waals surface area contributed by atoms with Gasteiger partial charge >= 0.3 is 0 Å². The van der Waals surface area contributed by atoms with E-state index in [4.69, 9.17) is 0 Å². The molecule has 0 aliphatic carbocycles. The van der Waals surface area contributed by atoms with Gasteiger partial charge in [-0.25, -0.2) is 13.4 Å². The number of hydrogen-bond acceptors (Lipinski definition) is 5. The van der Waals surface area contributed by atoms with Crippen molar-refractivity contribution in [3.8, 4) is 0 Å². The molecule has 0 aliphatic rings. The van der Waals surface area contributed by atoms with Gasteiger partial charge in [0.15, 0.2) is 0 Å². The second-order valence-corrected chi connectivity index (χ2v) is 6.74. The number of nitrogens with one attached hydrogen (secondary N) is 1. The highest BCUT2D eigenvalue weighted by atomic mass is 79.9.